The van der Waals surface area contributed by atoms with Crippen molar-refractivity contribution in [2.75, 3.05) is 33.9 Å². The highest BCUT2D eigenvalue weighted by Gasteiger charge is 2.22. The topological polar surface area (TPSA) is 59.1 Å². The molecular weight excluding hydrogens is 448 g/mol. The number of nitrogens with zero attached hydrogens (tertiary/aromatic N) is 2. The molecule has 0 N–H and O–H groups in total. The van der Waals surface area contributed by atoms with Crippen LogP contribution >= 0.6 is 11.3 Å². The fourth-order valence-electron chi connectivity index (χ4n) is 3.73. The zero-order valence-corrected chi connectivity index (χ0v) is 22.4. The summed E-state index contributed by atoms with van der Waals surface area (Å²) in [6, 6.07) is 10.0. The lowest BCUT2D eigenvalue weighted by molar-refractivity contribution is -0.141. The van der Waals surface area contributed by atoms with Crippen molar-refractivity contribution in [3.63, 3.8) is 0 Å². The molecular formula is C27H40N2O4S. The second-order valence-electron chi connectivity index (χ2n) is 9.03. The fraction of sp³-hybridized carbons (Fsp3) is 0.556. The minimum atomic E-state index is -0.0141. The molecule has 0 bridgehead atoms. The van der Waals surface area contributed by atoms with Crippen LogP contribution in [0.3, 0.4) is 0 Å². The fourth-order valence-corrected chi connectivity index (χ4v) is 4.64. The molecule has 6 nitrogen and oxygen atoms in total. The molecule has 2 aromatic rings. The Bertz CT molecular complexity index is 925. The van der Waals surface area contributed by atoms with E-state index < -0.39 is 0 Å². The van der Waals surface area contributed by atoms with Crippen LogP contribution in [-0.4, -0.2) is 55.5 Å². The average molecular weight is 489 g/mol. The molecule has 2 rings (SSSR count). The predicted molar refractivity (Wildman–Crippen MR) is 139 cm³/mol. The van der Waals surface area contributed by atoms with Gasteiger partial charge in [0.1, 0.15) is 0 Å². The van der Waals surface area contributed by atoms with Crippen LogP contribution in [0.25, 0.3) is 0 Å². The number of thiophene rings is 1. The van der Waals surface area contributed by atoms with E-state index in [2.05, 4.69) is 26.0 Å². The van der Waals surface area contributed by atoms with E-state index >= 15 is 0 Å². The number of ether oxygens (including phenoxy) is 2. The smallest absolute Gasteiger partial charge is 0.242 e. The number of aryl methyl sites for hydroxylation is 1. The normalized spacial score (nSPS) is 10.9. The third-order valence-corrected chi connectivity index (χ3v) is 6.64. The number of unbranched alkanes of at least 4 members (excludes halogenated alkanes) is 1. The molecule has 2 amide bonds. The number of amides is 2. The summed E-state index contributed by atoms with van der Waals surface area (Å²) in [6.45, 7) is 10.1. The maximum absolute atomic E-state index is 13.5. The third-order valence-electron chi connectivity index (χ3n) is 5.66. The van der Waals surface area contributed by atoms with Crippen molar-refractivity contribution in [2.24, 2.45) is 5.92 Å². The number of benzene rings is 1. The summed E-state index contributed by atoms with van der Waals surface area (Å²) in [5.41, 5.74) is 1.07. The second-order valence-corrected chi connectivity index (χ2v) is 10.4. The van der Waals surface area contributed by atoms with Crippen molar-refractivity contribution in [1.29, 1.82) is 0 Å². The summed E-state index contributed by atoms with van der Waals surface area (Å²) < 4.78 is 10.8. The number of carbonyl (C=O) groups excluding carboxylic acids is 2. The molecule has 0 aliphatic heterocycles. The molecule has 0 aliphatic carbocycles. The van der Waals surface area contributed by atoms with Crippen molar-refractivity contribution >= 4 is 23.2 Å². The van der Waals surface area contributed by atoms with Crippen molar-refractivity contribution in [1.82, 2.24) is 9.80 Å². The number of rotatable bonds is 14. The Morgan fingerprint density at radius 2 is 1.71 bits per heavy atom. The molecule has 1 aromatic heterocycles. The average Bonchev–Trinajstić information content (AvgIpc) is 3.22. The zero-order valence-electron chi connectivity index (χ0n) is 21.6. The largest absolute Gasteiger partial charge is 0.493 e. The summed E-state index contributed by atoms with van der Waals surface area (Å²) in [5, 5.41) is 0. The maximum Gasteiger partial charge on any atom is 0.242 e. The molecule has 0 saturated heterocycles. The Labute approximate surface area is 208 Å². The van der Waals surface area contributed by atoms with E-state index in [1.807, 2.05) is 36.9 Å². The zero-order chi connectivity index (χ0) is 25.1. The van der Waals surface area contributed by atoms with E-state index in [1.54, 1.807) is 30.5 Å². The lowest BCUT2D eigenvalue weighted by Gasteiger charge is -2.28. The van der Waals surface area contributed by atoms with E-state index in [4.69, 9.17) is 9.47 Å². The molecule has 0 unspecified atom stereocenters. The molecule has 1 aromatic carbocycles. The molecule has 0 spiro atoms. The Morgan fingerprint density at radius 1 is 0.971 bits per heavy atom. The van der Waals surface area contributed by atoms with Crippen LogP contribution in [0.2, 0.25) is 0 Å². The Hall–Kier alpha value is -2.54. The van der Waals surface area contributed by atoms with Crippen LogP contribution in [0.15, 0.2) is 30.3 Å². The van der Waals surface area contributed by atoms with E-state index in [0.29, 0.717) is 44.0 Å². The van der Waals surface area contributed by atoms with Crippen LogP contribution in [0.1, 0.15) is 55.4 Å². The van der Waals surface area contributed by atoms with Gasteiger partial charge in [0.25, 0.3) is 0 Å². The van der Waals surface area contributed by atoms with Gasteiger partial charge in [-0.05, 0) is 55.5 Å². The predicted octanol–water partition coefficient (Wildman–Crippen LogP) is 5.32. The minimum absolute atomic E-state index is 0.0141. The minimum Gasteiger partial charge on any atom is -0.493 e. The van der Waals surface area contributed by atoms with E-state index in [1.165, 1.54) is 4.88 Å². The standard InChI is InChI=1S/C27H40N2O4S/c1-7-8-14-28(26(30)16-20(2)3)19-27(31)29(18-23-11-9-21(4)34-23)15-13-22-10-12-24(32-5)25(17-22)33-6/h9-12,17,20H,7-8,13-16,18-19H2,1-6H3. The maximum atomic E-state index is 13.5. The first kappa shape index (κ1) is 27.7. The van der Waals surface area contributed by atoms with Crippen molar-refractivity contribution in [2.45, 2.75) is 59.9 Å². The third kappa shape index (κ3) is 8.67. The van der Waals surface area contributed by atoms with Crippen LogP contribution in [-0.2, 0) is 22.6 Å². The van der Waals surface area contributed by atoms with Gasteiger partial charge in [0.15, 0.2) is 11.5 Å². The van der Waals surface area contributed by atoms with Crippen molar-refractivity contribution in [3.05, 3.63) is 45.6 Å². The summed E-state index contributed by atoms with van der Waals surface area (Å²) in [5.74, 6) is 1.67. The Kier molecular flexibility index (Phi) is 11.4. The van der Waals surface area contributed by atoms with Gasteiger partial charge >= 0.3 is 0 Å². The van der Waals surface area contributed by atoms with Gasteiger partial charge in [-0.25, -0.2) is 0 Å². The first-order valence-electron chi connectivity index (χ1n) is 12.1. The Morgan fingerprint density at radius 3 is 2.29 bits per heavy atom. The number of carbonyl (C=O) groups is 2. The molecule has 0 aliphatic rings. The van der Waals surface area contributed by atoms with Crippen LogP contribution in [0.5, 0.6) is 11.5 Å². The summed E-state index contributed by atoms with van der Waals surface area (Å²) in [7, 11) is 3.24. The summed E-state index contributed by atoms with van der Waals surface area (Å²) in [6.07, 6.45) is 3.03. The lowest BCUT2D eigenvalue weighted by Crippen LogP contribution is -2.44. The van der Waals surface area contributed by atoms with Crippen molar-refractivity contribution < 1.29 is 19.1 Å². The number of hydrogen-bond donors (Lipinski definition) is 0. The second kappa shape index (κ2) is 14.0. The quantitative estimate of drug-likeness (QED) is 0.361. The molecule has 7 heteroatoms. The first-order chi connectivity index (χ1) is 16.3. The van der Waals surface area contributed by atoms with Gasteiger partial charge in [0, 0.05) is 29.3 Å². The molecule has 188 valence electrons. The Balaban J connectivity index is 2.17. The van der Waals surface area contributed by atoms with Crippen LogP contribution < -0.4 is 9.47 Å². The number of methoxy groups -OCH3 is 2. The van der Waals surface area contributed by atoms with E-state index in [-0.39, 0.29) is 24.3 Å². The molecule has 0 atom stereocenters. The van der Waals surface area contributed by atoms with Gasteiger partial charge in [0.05, 0.1) is 27.3 Å². The molecule has 0 fully saturated rings. The summed E-state index contributed by atoms with van der Waals surface area (Å²) >= 11 is 1.70. The van der Waals surface area contributed by atoms with Gasteiger partial charge in [-0.2, -0.15) is 0 Å². The van der Waals surface area contributed by atoms with Gasteiger partial charge in [-0.15, -0.1) is 11.3 Å². The molecule has 1 heterocycles. The highest BCUT2D eigenvalue weighted by Crippen LogP contribution is 2.28. The van der Waals surface area contributed by atoms with E-state index in [9.17, 15) is 9.59 Å². The molecule has 0 radical (unpaired) electrons. The SMILES string of the molecule is CCCCN(CC(=O)N(CCc1ccc(OC)c(OC)c1)Cc1ccc(C)s1)C(=O)CC(C)C. The molecule has 0 saturated carbocycles. The monoisotopic (exact) mass is 488 g/mol. The van der Waals surface area contributed by atoms with Gasteiger partial charge in [-0.3, -0.25) is 9.59 Å². The molecule has 34 heavy (non-hydrogen) atoms. The highest BCUT2D eigenvalue weighted by atomic mass is 32.1. The summed E-state index contributed by atoms with van der Waals surface area (Å²) in [4.78, 5) is 32.3. The number of hydrogen-bond acceptors (Lipinski definition) is 5. The van der Waals surface area contributed by atoms with Gasteiger partial charge < -0.3 is 19.3 Å². The highest BCUT2D eigenvalue weighted by molar-refractivity contribution is 7.11. The van der Waals surface area contributed by atoms with Gasteiger partial charge in [0.2, 0.25) is 11.8 Å². The van der Waals surface area contributed by atoms with Crippen LogP contribution in [0, 0.1) is 12.8 Å². The first-order valence-corrected chi connectivity index (χ1v) is 12.9. The van der Waals surface area contributed by atoms with Crippen molar-refractivity contribution in [3.8, 4) is 11.5 Å². The van der Waals surface area contributed by atoms with E-state index in [0.717, 1.165) is 23.3 Å². The van der Waals surface area contributed by atoms with Crippen LogP contribution in [0.4, 0.5) is 0 Å². The lowest BCUT2D eigenvalue weighted by atomic mass is 10.1. The van der Waals surface area contributed by atoms with Gasteiger partial charge in [-0.1, -0.05) is 33.3 Å².